The maximum Gasteiger partial charge on any atom is 0.0510 e. The van der Waals surface area contributed by atoms with Crippen LogP contribution < -0.4 is 10.6 Å². The highest BCUT2D eigenvalue weighted by atomic mass is 79.9. The number of nitrogens with zero attached hydrogens (tertiary/aromatic N) is 1. The van der Waals surface area contributed by atoms with Crippen molar-refractivity contribution in [3.8, 4) is 0 Å². The Morgan fingerprint density at radius 2 is 2.07 bits per heavy atom. The summed E-state index contributed by atoms with van der Waals surface area (Å²) in [6.07, 6.45) is 1.01. The fourth-order valence-electron chi connectivity index (χ4n) is 1.41. The van der Waals surface area contributed by atoms with Crippen molar-refractivity contribution in [1.82, 2.24) is 0 Å². The van der Waals surface area contributed by atoms with Crippen molar-refractivity contribution in [3.05, 3.63) is 28.7 Å². The van der Waals surface area contributed by atoms with E-state index in [0.29, 0.717) is 6.04 Å². The van der Waals surface area contributed by atoms with E-state index >= 15 is 0 Å². The Bertz CT molecular complexity index is 288. The third-order valence-electron chi connectivity index (χ3n) is 2.48. The first-order chi connectivity index (χ1) is 6.66. The van der Waals surface area contributed by atoms with Gasteiger partial charge >= 0.3 is 0 Å². The molecule has 3 heteroatoms. The van der Waals surface area contributed by atoms with E-state index in [2.05, 4.69) is 46.9 Å². The fourth-order valence-corrected chi connectivity index (χ4v) is 1.97. The first-order valence-electron chi connectivity index (χ1n) is 4.84. The van der Waals surface area contributed by atoms with Crippen molar-refractivity contribution in [2.45, 2.75) is 19.4 Å². The van der Waals surface area contributed by atoms with Gasteiger partial charge in [0.05, 0.1) is 5.69 Å². The molecule has 0 saturated heterocycles. The molecule has 0 aliphatic heterocycles. The van der Waals surface area contributed by atoms with E-state index < -0.39 is 0 Å². The molecule has 78 valence electrons. The molecule has 1 atom stereocenters. The zero-order valence-electron chi connectivity index (χ0n) is 8.70. The van der Waals surface area contributed by atoms with E-state index in [9.17, 15) is 0 Å². The number of hydrogen-bond donors (Lipinski definition) is 1. The number of halogens is 1. The molecule has 0 spiro atoms. The normalized spacial score (nSPS) is 12.6. The van der Waals surface area contributed by atoms with Gasteiger partial charge in [0.1, 0.15) is 0 Å². The third kappa shape index (κ3) is 2.72. The molecule has 1 aromatic carbocycles. The predicted molar refractivity (Wildman–Crippen MR) is 65.7 cm³/mol. The van der Waals surface area contributed by atoms with Crippen LogP contribution in [-0.2, 0) is 0 Å². The molecule has 0 saturated carbocycles. The van der Waals surface area contributed by atoms with E-state index in [-0.39, 0.29) is 0 Å². The number of para-hydroxylation sites is 1. The summed E-state index contributed by atoms with van der Waals surface area (Å²) in [4.78, 5) is 2.25. The second-order valence-corrected chi connectivity index (χ2v) is 4.34. The Kier molecular flexibility index (Phi) is 4.42. The molecular weight excluding hydrogens is 240 g/mol. The maximum atomic E-state index is 5.54. The lowest BCUT2D eigenvalue weighted by Gasteiger charge is -2.27. The molecule has 1 rings (SSSR count). The number of nitrogens with two attached hydrogens (primary N) is 1. The van der Waals surface area contributed by atoms with Gasteiger partial charge in [0.15, 0.2) is 0 Å². The van der Waals surface area contributed by atoms with Crippen molar-refractivity contribution < 1.29 is 0 Å². The summed E-state index contributed by atoms with van der Waals surface area (Å²) < 4.78 is 1.13. The molecule has 0 aliphatic rings. The summed E-state index contributed by atoms with van der Waals surface area (Å²) in [6.45, 7) is 2.92. The Balaban J connectivity index is 2.78. The fraction of sp³-hybridized carbons (Fsp3) is 0.455. The predicted octanol–water partition coefficient (Wildman–Crippen LogP) is 2.62. The summed E-state index contributed by atoms with van der Waals surface area (Å²) in [5.41, 5.74) is 6.76. The highest BCUT2D eigenvalue weighted by molar-refractivity contribution is 9.10. The van der Waals surface area contributed by atoms with Crippen molar-refractivity contribution >= 4 is 21.6 Å². The monoisotopic (exact) mass is 256 g/mol. The molecule has 0 bridgehead atoms. The van der Waals surface area contributed by atoms with E-state index in [1.165, 1.54) is 5.69 Å². The number of benzene rings is 1. The molecule has 2 nitrogen and oxygen atoms in total. The van der Waals surface area contributed by atoms with Gasteiger partial charge in [-0.2, -0.15) is 0 Å². The molecular formula is C11H17BrN2. The first-order valence-corrected chi connectivity index (χ1v) is 5.63. The molecule has 2 N–H and O–H groups in total. The summed E-state index contributed by atoms with van der Waals surface area (Å²) in [7, 11) is 2.10. The summed E-state index contributed by atoms with van der Waals surface area (Å²) >= 11 is 3.54. The summed E-state index contributed by atoms with van der Waals surface area (Å²) in [5, 5.41) is 0. The minimum absolute atomic E-state index is 0.471. The Labute approximate surface area is 94.2 Å². The Morgan fingerprint density at radius 1 is 1.43 bits per heavy atom. The number of hydrogen-bond acceptors (Lipinski definition) is 2. The van der Waals surface area contributed by atoms with Gasteiger partial charge in [0.25, 0.3) is 0 Å². The van der Waals surface area contributed by atoms with Gasteiger partial charge in [-0.05, 0) is 48.0 Å². The largest absolute Gasteiger partial charge is 0.371 e. The highest BCUT2D eigenvalue weighted by Crippen LogP contribution is 2.26. The maximum absolute atomic E-state index is 5.54. The molecule has 0 fully saturated rings. The SMILES string of the molecule is CC(CCN)N(C)c1ccccc1Br. The Hall–Kier alpha value is -0.540. The molecule has 1 unspecified atom stereocenters. The minimum atomic E-state index is 0.471. The van der Waals surface area contributed by atoms with Crippen LogP contribution >= 0.6 is 15.9 Å². The number of rotatable bonds is 4. The molecule has 0 heterocycles. The second-order valence-electron chi connectivity index (χ2n) is 3.49. The van der Waals surface area contributed by atoms with Gasteiger partial charge in [0.2, 0.25) is 0 Å². The molecule has 0 aliphatic carbocycles. The van der Waals surface area contributed by atoms with Crippen LogP contribution in [0.5, 0.6) is 0 Å². The summed E-state index contributed by atoms with van der Waals surface area (Å²) in [6, 6.07) is 8.71. The van der Waals surface area contributed by atoms with Crippen molar-refractivity contribution in [3.63, 3.8) is 0 Å². The van der Waals surface area contributed by atoms with Crippen LogP contribution in [-0.4, -0.2) is 19.6 Å². The third-order valence-corrected chi connectivity index (χ3v) is 3.15. The van der Waals surface area contributed by atoms with Gasteiger partial charge < -0.3 is 10.6 Å². The van der Waals surface area contributed by atoms with Crippen LogP contribution in [0.15, 0.2) is 28.7 Å². The molecule has 0 amide bonds. The molecule has 0 radical (unpaired) electrons. The van der Waals surface area contributed by atoms with Gasteiger partial charge in [-0.3, -0.25) is 0 Å². The van der Waals surface area contributed by atoms with Crippen molar-refractivity contribution in [2.75, 3.05) is 18.5 Å². The molecule has 14 heavy (non-hydrogen) atoms. The van der Waals surface area contributed by atoms with Crippen LogP contribution in [0.3, 0.4) is 0 Å². The van der Waals surface area contributed by atoms with E-state index in [1.807, 2.05) is 12.1 Å². The number of anilines is 1. The van der Waals surface area contributed by atoms with Gasteiger partial charge in [0, 0.05) is 17.6 Å². The van der Waals surface area contributed by atoms with Gasteiger partial charge in [-0.25, -0.2) is 0 Å². The highest BCUT2D eigenvalue weighted by Gasteiger charge is 2.10. The van der Waals surface area contributed by atoms with Crippen LogP contribution in [0.2, 0.25) is 0 Å². The summed E-state index contributed by atoms with van der Waals surface area (Å²) in [5.74, 6) is 0. The van der Waals surface area contributed by atoms with Gasteiger partial charge in [-0.15, -0.1) is 0 Å². The average Bonchev–Trinajstić information content (AvgIpc) is 2.18. The van der Waals surface area contributed by atoms with Gasteiger partial charge in [-0.1, -0.05) is 12.1 Å². The zero-order valence-corrected chi connectivity index (χ0v) is 10.3. The first kappa shape index (κ1) is 11.5. The Morgan fingerprint density at radius 3 is 2.64 bits per heavy atom. The van der Waals surface area contributed by atoms with E-state index in [1.54, 1.807) is 0 Å². The van der Waals surface area contributed by atoms with Crippen LogP contribution in [0.4, 0.5) is 5.69 Å². The zero-order chi connectivity index (χ0) is 10.6. The van der Waals surface area contributed by atoms with Crippen molar-refractivity contribution in [1.29, 1.82) is 0 Å². The lowest BCUT2D eigenvalue weighted by molar-refractivity contribution is 0.634. The van der Waals surface area contributed by atoms with E-state index in [4.69, 9.17) is 5.73 Å². The second kappa shape index (κ2) is 5.37. The molecule has 0 aromatic heterocycles. The lowest BCUT2D eigenvalue weighted by Crippen LogP contribution is -2.30. The topological polar surface area (TPSA) is 29.3 Å². The average molecular weight is 257 g/mol. The van der Waals surface area contributed by atoms with Crippen LogP contribution in [0.1, 0.15) is 13.3 Å². The molecule has 1 aromatic rings. The van der Waals surface area contributed by atoms with Crippen LogP contribution in [0.25, 0.3) is 0 Å². The minimum Gasteiger partial charge on any atom is -0.371 e. The van der Waals surface area contributed by atoms with Crippen LogP contribution in [0, 0.1) is 0 Å². The quantitative estimate of drug-likeness (QED) is 0.898. The lowest BCUT2D eigenvalue weighted by atomic mass is 10.2. The smallest absolute Gasteiger partial charge is 0.0510 e. The van der Waals surface area contributed by atoms with E-state index in [0.717, 1.165) is 17.4 Å². The standard InChI is InChI=1S/C11H17BrN2/c1-9(7-8-13)14(2)11-6-4-3-5-10(11)12/h3-6,9H,7-8,13H2,1-2H3. The van der Waals surface area contributed by atoms with Crippen molar-refractivity contribution in [2.24, 2.45) is 5.73 Å².